The number of carbonyl (C=O) groups excluding carboxylic acids is 1. The van der Waals surface area contributed by atoms with E-state index in [9.17, 15) is 9.18 Å². The molecule has 0 atom stereocenters. The summed E-state index contributed by atoms with van der Waals surface area (Å²) in [6, 6.07) is 5.96. The second-order valence-corrected chi connectivity index (χ2v) is 3.98. The van der Waals surface area contributed by atoms with Gasteiger partial charge in [-0.05, 0) is 39.0 Å². The van der Waals surface area contributed by atoms with E-state index in [0.717, 1.165) is 0 Å². The third-order valence-electron chi connectivity index (χ3n) is 2.07. The second kappa shape index (κ2) is 4.96. The predicted molar refractivity (Wildman–Crippen MR) is 60.7 cm³/mol. The maximum atomic E-state index is 12.9. The van der Waals surface area contributed by atoms with Crippen molar-refractivity contribution in [2.45, 2.75) is 26.3 Å². The Balaban J connectivity index is 2.75. The highest BCUT2D eigenvalue weighted by Gasteiger charge is 2.28. The van der Waals surface area contributed by atoms with Gasteiger partial charge in [-0.25, -0.2) is 9.18 Å². The summed E-state index contributed by atoms with van der Waals surface area (Å²) in [7, 11) is 0. The van der Waals surface area contributed by atoms with Crippen LogP contribution in [0.3, 0.4) is 0 Å². The number of benzene rings is 1. The van der Waals surface area contributed by atoms with Crippen molar-refractivity contribution < 1.29 is 13.9 Å². The fourth-order valence-corrected chi connectivity index (χ4v) is 1.29. The number of carbonyl (C=O) groups is 1. The van der Waals surface area contributed by atoms with Crippen molar-refractivity contribution in [1.82, 2.24) is 0 Å². The highest BCUT2D eigenvalue weighted by molar-refractivity contribution is 5.83. The molecule has 4 heteroatoms. The van der Waals surface area contributed by atoms with Gasteiger partial charge in [-0.1, -0.05) is 6.07 Å². The summed E-state index contributed by atoms with van der Waals surface area (Å²) in [5.41, 5.74) is -0.317. The number of anilines is 1. The first-order valence-corrected chi connectivity index (χ1v) is 5.16. The number of halogens is 1. The maximum Gasteiger partial charge on any atom is 0.331 e. The molecular weight excluding hydrogens is 209 g/mol. The van der Waals surface area contributed by atoms with Crippen molar-refractivity contribution in [3.63, 3.8) is 0 Å². The van der Waals surface area contributed by atoms with Gasteiger partial charge in [0.1, 0.15) is 11.4 Å². The number of hydrogen-bond acceptors (Lipinski definition) is 3. The quantitative estimate of drug-likeness (QED) is 0.800. The van der Waals surface area contributed by atoms with E-state index in [2.05, 4.69) is 5.32 Å². The summed E-state index contributed by atoms with van der Waals surface area (Å²) in [5, 5.41) is 2.93. The molecule has 0 unspecified atom stereocenters. The van der Waals surface area contributed by atoms with E-state index in [-0.39, 0.29) is 11.8 Å². The molecule has 3 nitrogen and oxygen atoms in total. The van der Waals surface area contributed by atoms with Crippen LogP contribution in [0.15, 0.2) is 24.3 Å². The van der Waals surface area contributed by atoms with Crippen molar-refractivity contribution in [3.8, 4) is 0 Å². The van der Waals surface area contributed by atoms with Crippen LogP contribution in [0.4, 0.5) is 10.1 Å². The van der Waals surface area contributed by atoms with Crippen molar-refractivity contribution >= 4 is 11.7 Å². The number of esters is 1. The molecule has 1 aromatic carbocycles. The molecule has 0 aliphatic heterocycles. The predicted octanol–water partition coefficient (Wildman–Crippen LogP) is 2.58. The molecular formula is C12H16FNO2. The molecule has 16 heavy (non-hydrogen) atoms. The van der Waals surface area contributed by atoms with Gasteiger partial charge in [0.2, 0.25) is 0 Å². The zero-order valence-electron chi connectivity index (χ0n) is 9.71. The Hall–Kier alpha value is -1.58. The summed E-state index contributed by atoms with van der Waals surface area (Å²) >= 11 is 0. The largest absolute Gasteiger partial charge is 0.464 e. The van der Waals surface area contributed by atoms with Crippen molar-refractivity contribution in [2.24, 2.45) is 0 Å². The molecule has 0 aliphatic rings. The first-order valence-electron chi connectivity index (χ1n) is 5.16. The monoisotopic (exact) mass is 225 g/mol. The van der Waals surface area contributed by atoms with Crippen LogP contribution in [-0.2, 0) is 9.53 Å². The van der Waals surface area contributed by atoms with Gasteiger partial charge in [0.05, 0.1) is 6.61 Å². The standard InChI is InChI=1S/C12H16FNO2/c1-4-16-11(15)12(2,3)14-10-7-5-6-9(13)8-10/h5-8,14H,4H2,1-3H3. The average Bonchev–Trinajstić information content (AvgIpc) is 2.17. The highest BCUT2D eigenvalue weighted by Crippen LogP contribution is 2.17. The van der Waals surface area contributed by atoms with Gasteiger partial charge < -0.3 is 10.1 Å². The van der Waals surface area contributed by atoms with Gasteiger partial charge >= 0.3 is 5.97 Å². The van der Waals surface area contributed by atoms with E-state index >= 15 is 0 Å². The first kappa shape index (κ1) is 12.5. The molecule has 0 bridgehead atoms. The smallest absolute Gasteiger partial charge is 0.331 e. The lowest BCUT2D eigenvalue weighted by atomic mass is 10.1. The van der Waals surface area contributed by atoms with Crippen molar-refractivity contribution in [3.05, 3.63) is 30.1 Å². The van der Waals surface area contributed by atoms with E-state index in [1.165, 1.54) is 12.1 Å². The molecule has 0 aromatic heterocycles. The molecule has 0 saturated heterocycles. The van der Waals surface area contributed by atoms with Crippen LogP contribution in [0.5, 0.6) is 0 Å². The number of nitrogens with one attached hydrogen (secondary N) is 1. The van der Waals surface area contributed by atoms with Gasteiger partial charge in [-0.15, -0.1) is 0 Å². The third kappa shape index (κ3) is 3.22. The zero-order chi connectivity index (χ0) is 12.2. The minimum atomic E-state index is -0.871. The van der Waals surface area contributed by atoms with Crippen LogP contribution in [0, 0.1) is 5.82 Å². The summed E-state index contributed by atoms with van der Waals surface area (Å²) in [6.07, 6.45) is 0. The lowest BCUT2D eigenvalue weighted by Crippen LogP contribution is -2.41. The minimum Gasteiger partial charge on any atom is -0.464 e. The summed E-state index contributed by atoms with van der Waals surface area (Å²) in [4.78, 5) is 11.6. The van der Waals surface area contributed by atoms with Crippen molar-refractivity contribution in [2.75, 3.05) is 11.9 Å². The van der Waals surface area contributed by atoms with E-state index in [1.807, 2.05) is 0 Å². The van der Waals surface area contributed by atoms with E-state index in [1.54, 1.807) is 32.9 Å². The third-order valence-corrected chi connectivity index (χ3v) is 2.07. The maximum absolute atomic E-state index is 12.9. The van der Waals surface area contributed by atoms with Crippen LogP contribution < -0.4 is 5.32 Å². The summed E-state index contributed by atoms with van der Waals surface area (Å²) in [5.74, 6) is -0.705. The molecule has 0 fully saturated rings. The number of hydrogen-bond donors (Lipinski definition) is 1. The first-order chi connectivity index (χ1) is 7.45. The van der Waals surface area contributed by atoms with E-state index < -0.39 is 5.54 Å². The summed E-state index contributed by atoms with van der Waals surface area (Å²) in [6.45, 7) is 5.45. The van der Waals surface area contributed by atoms with Crippen LogP contribution in [0.1, 0.15) is 20.8 Å². The Morgan fingerprint density at radius 3 is 2.75 bits per heavy atom. The molecule has 0 saturated carbocycles. The average molecular weight is 225 g/mol. The van der Waals surface area contributed by atoms with Gasteiger partial charge in [0.25, 0.3) is 0 Å². The fraction of sp³-hybridized carbons (Fsp3) is 0.417. The molecule has 0 heterocycles. The minimum absolute atomic E-state index is 0.326. The Morgan fingerprint density at radius 2 is 2.19 bits per heavy atom. The van der Waals surface area contributed by atoms with Gasteiger partial charge in [-0.2, -0.15) is 0 Å². The fourth-order valence-electron chi connectivity index (χ4n) is 1.29. The van der Waals surface area contributed by atoms with Gasteiger partial charge in [0, 0.05) is 5.69 Å². The van der Waals surface area contributed by atoms with Crippen LogP contribution >= 0.6 is 0 Å². The summed E-state index contributed by atoms with van der Waals surface area (Å²) < 4.78 is 17.8. The molecule has 0 radical (unpaired) electrons. The van der Waals surface area contributed by atoms with Crippen LogP contribution in [0.25, 0.3) is 0 Å². The Bertz CT molecular complexity index is 377. The SMILES string of the molecule is CCOC(=O)C(C)(C)Nc1cccc(F)c1. The molecule has 0 spiro atoms. The normalized spacial score (nSPS) is 11.0. The number of ether oxygens (including phenoxy) is 1. The Kier molecular flexibility index (Phi) is 3.88. The molecule has 0 amide bonds. The molecule has 88 valence electrons. The zero-order valence-corrected chi connectivity index (χ0v) is 9.71. The van der Waals surface area contributed by atoms with Crippen molar-refractivity contribution in [1.29, 1.82) is 0 Å². The molecule has 1 N–H and O–H groups in total. The highest BCUT2D eigenvalue weighted by atomic mass is 19.1. The lowest BCUT2D eigenvalue weighted by Gasteiger charge is -2.25. The Labute approximate surface area is 94.6 Å². The van der Waals surface area contributed by atoms with Crippen LogP contribution in [-0.4, -0.2) is 18.1 Å². The van der Waals surface area contributed by atoms with Crippen LogP contribution in [0.2, 0.25) is 0 Å². The van der Waals surface area contributed by atoms with Gasteiger partial charge in [0.15, 0.2) is 0 Å². The van der Waals surface area contributed by atoms with E-state index in [0.29, 0.717) is 12.3 Å². The second-order valence-electron chi connectivity index (χ2n) is 3.98. The molecule has 1 aromatic rings. The molecule has 1 rings (SSSR count). The molecule has 0 aliphatic carbocycles. The lowest BCUT2D eigenvalue weighted by molar-refractivity contribution is -0.147. The topological polar surface area (TPSA) is 38.3 Å². The number of rotatable bonds is 4. The van der Waals surface area contributed by atoms with E-state index in [4.69, 9.17) is 4.74 Å². The van der Waals surface area contributed by atoms with Gasteiger partial charge in [-0.3, -0.25) is 0 Å². The Morgan fingerprint density at radius 1 is 1.50 bits per heavy atom.